The molecule has 1 rings (SSSR count). The molecule has 0 aliphatic heterocycles. The van der Waals surface area contributed by atoms with Gasteiger partial charge in [0.1, 0.15) is 5.82 Å². The van der Waals surface area contributed by atoms with E-state index in [9.17, 15) is 0 Å². The van der Waals surface area contributed by atoms with E-state index in [0.717, 1.165) is 24.6 Å². The Balaban J connectivity index is 2.91. The van der Waals surface area contributed by atoms with E-state index in [2.05, 4.69) is 35.6 Å². The van der Waals surface area contributed by atoms with Gasteiger partial charge in [-0.2, -0.15) is 0 Å². The molecule has 0 spiro atoms. The fourth-order valence-corrected chi connectivity index (χ4v) is 1.72. The van der Waals surface area contributed by atoms with Crippen molar-refractivity contribution < 1.29 is 0 Å². The fraction of sp³-hybridized carbons (Fsp3) is 0.636. The number of hydrogen-bond donors (Lipinski definition) is 0. The number of anilines is 1. The quantitative estimate of drug-likeness (QED) is 0.741. The highest BCUT2D eigenvalue weighted by atomic mass is 35.5. The Morgan fingerprint density at radius 2 is 2.07 bits per heavy atom. The van der Waals surface area contributed by atoms with Gasteiger partial charge in [0.25, 0.3) is 0 Å². The molecule has 1 aromatic heterocycles. The van der Waals surface area contributed by atoms with Crippen LogP contribution in [0.4, 0.5) is 5.82 Å². The van der Waals surface area contributed by atoms with Crippen molar-refractivity contribution in [1.82, 2.24) is 9.97 Å². The lowest BCUT2D eigenvalue weighted by Gasteiger charge is -2.24. The maximum Gasteiger partial charge on any atom is 0.224 e. The van der Waals surface area contributed by atoms with E-state index in [1.54, 1.807) is 0 Å². The average Bonchev–Trinajstić information content (AvgIpc) is 2.12. The van der Waals surface area contributed by atoms with E-state index in [4.69, 9.17) is 11.6 Å². The Morgan fingerprint density at radius 1 is 1.40 bits per heavy atom. The summed E-state index contributed by atoms with van der Waals surface area (Å²) >= 11 is 5.84. The van der Waals surface area contributed by atoms with Crippen molar-refractivity contribution in [2.24, 2.45) is 5.92 Å². The van der Waals surface area contributed by atoms with Crippen LogP contribution in [0.5, 0.6) is 0 Å². The predicted octanol–water partition coefficient (Wildman–Crippen LogP) is 2.92. The molecule has 0 N–H and O–H groups in total. The summed E-state index contributed by atoms with van der Waals surface area (Å²) in [5, 5.41) is 0.326. The molecular weight excluding hydrogens is 210 g/mol. The van der Waals surface area contributed by atoms with Crippen LogP contribution < -0.4 is 4.90 Å². The molecule has 0 amide bonds. The second-order valence-electron chi connectivity index (χ2n) is 4.07. The summed E-state index contributed by atoms with van der Waals surface area (Å²) in [5.41, 5.74) is 0.909. The first-order valence-corrected chi connectivity index (χ1v) is 5.66. The molecule has 4 heteroatoms. The lowest BCUT2D eigenvalue weighted by Crippen LogP contribution is -2.28. The van der Waals surface area contributed by atoms with Gasteiger partial charge in [0.05, 0.1) is 0 Å². The SMILES string of the molecule is CCN(CC(C)C)c1cc(C)nc(Cl)n1. The lowest BCUT2D eigenvalue weighted by molar-refractivity contribution is 0.614. The van der Waals surface area contributed by atoms with Crippen molar-refractivity contribution >= 4 is 17.4 Å². The molecule has 0 unspecified atom stereocenters. The Bertz CT molecular complexity index is 305. The van der Waals surface area contributed by atoms with Crippen LogP contribution in [0.1, 0.15) is 26.5 Å². The summed E-state index contributed by atoms with van der Waals surface area (Å²) in [6.45, 7) is 10.4. The molecule has 3 nitrogen and oxygen atoms in total. The highest BCUT2D eigenvalue weighted by Crippen LogP contribution is 2.15. The number of aryl methyl sites for hydroxylation is 1. The van der Waals surface area contributed by atoms with E-state index < -0.39 is 0 Å². The molecule has 0 aromatic carbocycles. The molecular formula is C11H18ClN3. The molecule has 15 heavy (non-hydrogen) atoms. The number of aromatic nitrogens is 2. The second-order valence-corrected chi connectivity index (χ2v) is 4.41. The molecule has 0 atom stereocenters. The van der Waals surface area contributed by atoms with E-state index in [-0.39, 0.29) is 0 Å². The molecule has 0 aliphatic carbocycles. The third-order valence-corrected chi connectivity index (χ3v) is 2.27. The largest absolute Gasteiger partial charge is 0.356 e. The van der Waals surface area contributed by atoms with Gasteiger partial charge in [-0.25, -0.2) is 9.97 Å². The predicted molar refractivity (Wildman–Crippen MR) is 64.5 cm³/mol. The van der Waals surface area contributed by atoms with Crippen LogP contribution in [0, 0.1) is 12.8 Å². The maximum absolute atomic E-state index is 5.84. The Hall–Kier alpha value is -0.830. The van der Waals surface area contributed by atoms with Gasteiger partial charge in [-0.1, -0.05) is 13.8 Å². The molecule has 0 fully saturated rings. The first-order valence-electron chi connectivity index (χ1n) is 5.29. The maximum atomic E-state index is 5.84. The van der Waals surface area contributed by atoms with Gasteiger partial charge in [-0.3, -0.25) is 0 Å². The lowest BCUT2D eigenvalue weighted by atomic mass is 10.2. The van der Waals surface area contributed by atoms with E-state index in [1.165, 1.54) is 0 Å². The van der Waals surface area contributed by atoms with Crippen LogP contribution in [0.2, 0.25) is 5.28 Å². The first-order chi connectivity index (χ1) is 7.02. The summed E-state index contributed by atoms with van der Waals surface area (Å²) in [6.07, 6.45) is 0. The van der Waals surface area contributed by atoms with Gasteiger partial charge >= 0.3 is 0 Å². The smallest absolute Gasteiger partial charge is 0.224 e. The van der Waals surface area contributed by atoms with Crippen LogP contribution in [0.25, 0.3) is 0 Å². The fourth-order valence-electron chi connectivity index (χ4n) is 1.50. The molecule has 84 valence electrons. The average molecular weight is 228 g/mol. The topological polar surface area (TPSA) is 29.0 Å². The minimum atomic E-state index is 0.326. The summed E-state index contributed by atoms with van der Waals surface area (Å²) in [7, 11) is 0. The van der Waals surface area contributed by atoms with Crippen LogP contribution in [0.15, 0.2) is 6.07 Å². The van der Waals surface area contributed by atoms with E-state index in [0.29, 0.717) is 11.2 Å². The standard InChI is InChI=1S/C11H18ClN3/c1-5-15(7-8(2)3)10-6-9(4)13-11(12)14-10/h6,8H,5,7H2,1-4H3. The summed E-state index contributed by atoms with van der Waals surface area (Å²) < 4.78 is 0. The molecule has 0 bridgehead atoms. The number of rotatable bonds is 4. The van der Waals surface area contributed by atoms with Crippen molar-refractivity contribution in [2.45, 2.75) is 27.7 Å². The monoisotopic (exact) mass is 227 g/mol. The van der Waals surface area contributed by atoms with Crippen LogP contribution in [-0.4, -0.2) is 23.1 Å². The second kappa shape index (κ2) is 5.31. The van der Waals surface area contributed by atoms with Crippen LogP contribution in [0.3, 0.4) is 0 Å². The van der Waals surface area contributed by atoms with Gasteiger partial charge in [-0.05, 0) is 31.4 Å². The number of hydrogen-bond acceptors (Lipinski definition) is 3. The first kappa shape index (κ1) is 12.2. The van der Waals surface area contributed by atoms with Crippen molar-refractivity contribution in [3.05, 3.63) is 17.0 Å². The minimum Gasteiger partial charge on any atom is -0.356 e. The summed E-state index contributed by atoms with van der Waals surface area (Å²) in [6, 6.07) is 1.97. The van der Waals surface area contributed by atoms with Crippen molar-refractivity contribution in [3.8, 4) is 0 Å². The molecule has 1 aromatic rings. The number of nitrogens with zero attached hydrogens (tertiary/aromatic N) is 3. The van der Waals surface area contributed by atoms with Crippen molar-refractivity contribution in [3.63, 3.8) is 0 Å². The Kier molecular flexibility index (Phi) is 4.33. The zero-order chi connectivity index (χ0) is 11.4. The Labute approximate surface area is 96.5 Å². The molecule has 0 aliphatic rings. The normalized spacial score (nSPS) is 10.8. The minimum absolute atomic E-state index is 0.326. The van der Waals surface area contributed by atoms with E-state index in [1.807, 2.05) is 13.0 Å². The third kappa shape index (κ3) is 3.67. The molecule has 0 saturated carbocycles. The highest BCUT2D eigenvalue weighted by molar-refractivity contribution is 6.28. The van der Waals surface area contributed by atoms with Gasteiger partial charge in [0, 0.05) is 24.8 Å². The van der Waals surface area contributed by atoms with Gasteiger partial charge < -0.3 is 4.90 Å². The highest BCUT2D eigenvalue weighted by Gasteiger charge is 2.09. The van der Waals surface area contributed by atoms with Gasteiger partial charge in [-0.15, -0.1) is 0 Å². The van der Waals surface area contributed by atoms with Crippen LogP contribution in [-0.2, 0) is 0 Å². The van der Waals surface area contributed by atoms with Gasteiger partial charge in [0.2, 0.25) is 5.28 Å². The van der Waals surface area contributed by atoms with Crippen molar-refractivity contribution in [2.75, 3.05) is 18.0 Å². The Morgan fingerprint density at radius 3 is 2.53 bits per heavy atom. The zero-order valence-electron chi connectivity index (χ0n) is 9.79. The molecule has 1 heterocycles. The van der Waals surface area contributed by atoms with Crippen molar-refractivity contribution in [1.29, 1.82) is 0 Å². The molecule has 0 saturated heterocycles. The summed E-state index contributed by atoms with van der Waals surface area (Å²) in [5.74, 6) is 1.53. The zero-order valence-corrected chi connectivity index (χ0v) is 10.5. The third-order valence-electron chi connectivity index (χ3n) is 2.10. The van der Waals surface area contributed by atoms with E-state index >= 15 is 0 Å². The molecule has 0 radical (unpaired) electrons. The summed E-state index contributed by atoms with van der Waals surface area (Å²) in [4.78, 5) is 10.5. The van der Waals surface area contributed by atoms with Crippen LogP contribution >= 0.6 is 11.6 Å². The number of halogens is 1. The van der Waals surface area contributed by atoms with Gasteiger partial charge in [0.15, 0.2) is 0 Å².